The number of nitrogens with zero attached hydrogens (tertiary/aromatic N) is 1. The number of carbonyl (C=O) groups excluding carboxylic acids is 2. The van der Waals surface area contributed by atoms with Crippen LogP contribution >= 0.6 is 15.9 Å². The number of rotatable bonds is 5. The van der Waals surface area contributed by atoms with Crippen LogP contribution in [0, 0.1) is 5.92 Å². The van der Waals surface area contributed by atoms with Gasteiger partial charge in [-0.15, -0.1) is 0 Å². The summed E-state index contributed by atoms with van der Waals surface area (Å²) in [6.45, 7) is 2.61. The highest BCUT2D eigenvalue weighted by Gasteiger charge is 2.31. The molecule has 1 saturated carbocycles. The molecule has 126 valence electrons. The zero-order chi connectivity index (χ0) is 16.8. The number of methoxy groups -OCH3 is 1. The molecule has 1 aromatic rings. The number of ether oxygens (including phenoxy) is 1. The molecule has 0 heterocycles. The van der Waals surface area contributed by atoms with Crippen molar-refractivity contribution in [2.75, 3.05) is 13.7 Å². The van der Waals surface area contributed by atoms with E-state index < -0.39 is 0 Å². The van der Waals surface area contributed by atoms with E-state index in [1.54, 1.807) is 0 Å². The maximum absolute atomic E-state index is 13.0. The van der Waals surface area contributed by atoms with Gasteiger partial charge in [0.05, 0.1) is 13.5 Å². The minimum Gasteiger partial charge on any atom is -0.469 e. The summed E-state index contributed by atoms with van der Waals surface area (Å²) >= 11 is 3.42. The second-order valence-corrected chi connectivity index (χ2v) is 7.08. The smallest absolute Gasteiger partial charge is 0.307 e. The quantitative estimate of drug-likeness (QED) is 0.723. The Morgan fingerprint density at radius 3 is 2.70 bits per heavy atom. The fraction of sp³-hybridized carbons (Fsp3) is 0.556. The molecular formula is C18H24BrNO3. The Morgan fingerprint density at radius 1 is 1.30 bits per heavy atom. The maximum Gasteiger partial charge on any atom is 0.307 e. The summed E-state index contributed by atoms with van der Waals surface area (Å²) in [4.78, 5) is 26.4. The third-order valence-corrected chi connectivity index (χ3v) is 5.08. The highest BCUT2D eigenvalue weighted by Crippen LogP contribution is 2.29. The van der Waals surface area contributed by atoms with Crippen LogP contribution < -0.4 is 0 Å². The van der Waals surface area contributed by atoms with Crippen molar-refractivity contribution >= 4 is 27.8 Å². The Balaban J connectivity index is 2.20. The Labute approximate surface area is 146 Å². The van der Waals surface area contributed by atoms with Crippen LogP contribution in [0.1, 0.15) is 49.4 Å². The van der Waals surface area contributed by atoms with E-state index in [9.17, 15) is 9.59 Å². The molecule has 5 heteroatoms. The number of amides is 1. The Morgan fingerprint density at radius 2 is 2.04 bits per heavy atom. The van der Waals surface area contributed by atoms with E-state index in [-0.39, 0.29) is 24.3 Å². The fourth-order valence-corrected chi connectivity index (χ4v) is 3.68. The van der Waals surface area contributed by atoms with E-state index in [1.165, 1.54) is 13.5 Å². The standard InChI is InChI=1S/C18H24BrNO3/c1-13-6-3-4-9-16(13)20(11-10-17(21)23-2)18(22)14-7-5-8-15(19)12-14/h5,7-8,12-13,16H,3-4,6,9-11H2,1-2H3. The average Bonchev–Trinajstić information content (AvgIpc) is 2.56. The van der Waals surface area contributed by atoms with Crippen molar-refractivity contribution in [2.45, 2.75) is 45.1 Å². The maximum atomic E-state index is 13.0. The minimum absolute atomic E-state index is 0.00560. The van der Waals surface area contributed by atoms with Crippen molar-refractivity contribution in [1.82, 2.24) is 4.90 Å². The molecule has 1 aromatic carbocycles. The van der Waals surface area contributed by atoms with E-state index >= 15 is 0 Å². The molecule has 0 saturated heterocycles. The van der Waals surface area contributed by atoms with Crippen LogP contribution in [0.2, 0.25) is 0 Å². The van der Waals surface area contributed by atoms with Crippen LogP contribution in [0.3, 0.4) is 0 Å². The molecule has 4 nitrogen and oxygen atoms in total. The molecule has 23 heavy (non-hydrogen) atoms. The monoisotopic (exact) mass is 381 g/mol. The largest absolute Gasteiger partial charge is 0.469 e. The van der Waals surface area contributed by atoms with Crippen LogP contribution in [-0.4, -0.2) is 36.5 Å². The van der Waals surface area contributed by atoms with Gasteiger partial charge < -0.3 is 9.64 Å². The van der Waals surface area contributed by atoms with E-state index in [1.807, 2.05) is 29.2 Å². The number of hydrogen-bond acceptors (Lipinski definition) is 3. The van der Waals surface area contributed by atoms with Crippen molar-refractivity contribution in [3.63, 3.8) is 0 Å². The average molecular weight is 382 g/mol. The Hall–Kier alpha value is -1.36. The Bertz CT molecular complexity index is 561. The number of esters is 1. The molecule has 0 aliphatic heterocycles. The topological polar surface area (TPSA) is 46.6 Å². The molecule has 2 atom stereocenters. The first-order valence-corrected chi connectivity index (χ1v) is 8.95. The van der Waals surface area contributed by atoms with Crippen molar-refractivity contribution in [3.05, 3.63) is 34.3 Å². The number of hydrogen-bond donors (Lipinski definition) is 0. The SMILES string of the molecule is COC(=O)CCN(C(=O)c1cccc(Br)c1)C1CCCCC1C. The lowest BCUT2D eigenvalue weighted by Gasteiger charge is -2.38. The molecule has 0 radical (unpaired) electrons. The first-order chi connectivity index (χ1) is 11.0. The van der Waals surface area contributed by atoms with Gasteiger partial charge in [0.2, 0.25) is 0 Å². The van der Waals surface area contributed by atoms with Gasteiger partial charge in [-0.1, -0.05) is 41.8 Å². The lowest BCUT2D eigenvalue weighted by atomic mass is 9.84. The molecule has 0 bridgehead atoms. The van der Waals surface area contributed by atoms with Crippen LogP contribution in [0.5, 0.6) is 0 Å². The predicted octanol–water partition coefficient (Wildman–Crippen LogP) is 4.03. The van der Waals surface area contributed by atoms with Crippen molar-refractivity contribution in [1.29, 1.82) is 0 Å². The second kappa shape index (κ2) is 8.48. The zero-order valence-corrected chi connectivity index (χ0v) is 15.3. The summed E-state index contributed by atoms with van der Waals surface area (Å²) in [5.74, 6) is 0.173. The Kier molecular flexibility index (Phi) is 6.63. The minimum atomic E-state index is -0.277. The van der Waals surface area contributed by atoms with E-state index in [0.717, 1.165) is 23.7 Å². The third kappa shape index (κ3) is 4.80. The summed E-state index contributed by atoms with van der Waals surface area (Å²) < 4.78 is 5.62. The highest BCUT2D eigenvalue weighted by atomic mass is 79.9. The molecule has 2 rings (SSSR count). The molecule has 1 amide bonds. The lowest BCUT2D eigenvalue weighted by molar-refractivity contribution is -0.141. The van der Waals surface area contributed by atoms with Gasteiger partial charge in [-0.3, -0.25) is 9.59 Å². The molecule has 2 unspecified atom stereocenters. The fourth-order valence-electron chi connectivity index (χ4n) is 3.28. The van der Waals surface area contributed by atoms with E-state index in [4.69, 9.17) is 4.74 Å². The van der Waals surface area contributed by atoms with Gasteiger partial charge in [0.1, 0.15) is 0 Å². The van der Waals surface area contributed by atoms with Crippen molar-refractivity contribution in [2.24, 2.45) is 5.92 Å². The normalized spacial score (nSPS) is 20.8. The molecule has 0 N–H and O–H groups in total. The van der Waals surface area contributed by atoms with Crippen LogP contribution in [0.25, 0.3) is 0 Å². The van der Waals surface area contributed by atoms with Crippen LogP contribution in [0.15, 0.2) is 28.7 Å². The van der Waals surface area contributed by atoms with E-state index in [0.29, 0.717) is 18.0 Å². The van der Waals surface area contributed by atoms with E-state index in [2.05, 4.69) is 22.9 Å². The summed E-state index contributed by atoms with van der Waals surface area (Å²) in [5.41, 5.74) is 0.655. The highest BCUT2D eigenvalue weighted by molar-refractivity contribution is 9.10. The van der Waals surface area contributed by atoms with Crippen molar-refractivity contribution < 1.29 is 14.3 Å². The zero-order valence-electron chi connectivity index (χ0n) is 13.8. The van der Waals surface area contributed by atoms with Gasteiger partial charge in [-0.2, -0.15) is 0 Å². The summed E-state index contributed by atoms with van der Waals surface area (Å²) in [7, 11) is 1.38. The molecule has 1 aliphatic carbocycles. The molecule has 1 fully saturated rings. The van der Waals surface area contributed by atoms with Gasteiger partial charge in [0.15, 0.2) is 0 Å². The summed E-state index contributed by atoms with van der Waals surface area (Å²) in [5, 5.41) is 0. The number of carbonyl (C=O) groups is 2. The number of halogens is 1. The second-order valence-electron chi connectivity index (χ2n) is 6.16. The summed E-state index contributed by atoms with van der Waals surface area (Å²) in [6, 6.07) is 7.62. The molecule has 0 spiro atoms. The van der Waals surface area contributed by atoms with Crippen molar-refractivity contribution in [3.8, 4) is 0 Å². The van der Waals surface area contributed by atoms with Gasteiger partial charge in [-0.05, 0) is 37.0 Å². The molecule has 0 aromatic heterocycles. The first-order valence-electron chi connectivity index (χ1n) is 8.16. The predicted molar refractivity (Wildman–Crippen MR) is 93.2 cm³/mol. The van der Waals surface area contributed by atoms with Crippen LogP contribution in [-0.2, 0) is 9.53 Å². The van der Waals surface area contributed by atoms with Gasteiger partial charge in [-0.25, -0.2) is 0 Å². The van der Waals surface area contributed by atoms with Gasteiger partial charge in [0.25, 0.3) is 5.91 Å². The molecule has 1 aliphatic rings. The third-order valence-electron chi connectivity index (χ3n) is 4.58. The molecular weight excluding hydrogens is 358 g/mol. The lowest BCUT2D eigenvalue weighted by Crippen LogP contribution is -2.46. The van der Waals surface area contributed by atoms with Gasteiger partial charge >= 0.3 is 5.97 Å². The first kappa shape index (κ1) is 18.0. The summed E-state index contributed by atoms with van der Waals surface area (Å²) in [6.07, 6.45) is 4.72. The number of benzene rings is 1. The van der Waals surface area contributed by atoms with Gasteiger partial charge in [0, 0.05) is 22.6 Å². The van der Waals surface area contributed by atoms with Crippen LogP contribution in [0.4, 0.5) is 0 Å².